The monoisotopic (exact) mass is 196 g/mol. The molecule has 0 aliphatic heterocycles. The molecule has 0 amide bonds. The minimum atomic E-state index is 0.762. The Bertz CT molecular complexity index is 78.6. The maximum absolute atomic E-state index is 5.46. The normalized spacial score (nSPS) is 12.1. The lowest BCUT2D eigenvalue weighted by Crippen LogP contribution is -1.76. The summed E-state index contributed by atoms with van der Waals surface area (Å²) in [4.78, 5) is 1.94. The maximum atomic E-state index is 5.46. The molecule has 0 N–H and O–H groups in total. The maximum Gasteiger partial charge on any atom is 0.0226 e. The van der Waals surface area contributed by atoms with Crippen molar-refractivity contribution in [3.63, 3.8) is 0 Å². The Morgan fingerprint density at radius 2 is 2.38 bits per heavy atom. The minimum absolute atomic E-state index is 0.762. The molecule has 0 atom stereocenters. The number of halogens is 2. The van der Waals surface area contributed by atoms with Crippen molar-refractivity contribution in [2.24, 2.45) is 0 Å². The first-order chi connectivity index (χ1) is 3.81. The van der Waals surface area contributed by atoms with Gasteiger partial charge in [-0.05, 0) is 24.8 Å². The molecule has 0 heterocycles. The van der Waals surface area contributed by atoms with Crippen molar-refractivity contribution in [3.05, 3.63) is 10.6 Å². The summed E-state index contributed by atoms with van der Waals surface area (Å²) in [6, 6.07) is 0. The fraction of sp³-hybridized carbons (Fsp3) is 0.667. The highest BCUT2D eigenvalue weighted by Gasteiger charge is 1.85. The Hall–Kier alpha value is 0.510. The van der Waals surface area contributed by atoms with E-state index in [0.717, 1.165) is 18.7 Å². The number of allylic oxidation sites excluding steroid dienone is 1. The van der Waals surface area contributed by atoms with Crippen LogP contribution in [-0.2, 0) is 0 Å². The lowest BCUT2D eigenvalue weighted by molar-refractivity contribution is 0.915. The Kier molecular flexibility index (Phi) is 6.00. The molecule has 0 radical (unpaired) electrons. The third-order valence-electron chi connectivity index (χ3n) is 0.891. The second kappa shape index (κ2) is 5.64. The summed E-state index contributed by atoms with van der Waals surface area (Å²) in [7, 11) is 0. The van der Waals surface area contributed by atoms with Crippen molar-refractivity contribution in [1.29, 1.82) is 0 Å². The Balaban J connectivity index is 3.12. The van der Waals surface area contributed by atoms with Crippen molar-refractivity contribution >= 4 is 27.5 Å². The van der Waals surface area contributed by atoms with Gasteiger partial charge in [-0.3, -0.25) is 0 Å². The van der Waals surface area contributed by atoms with Crippen LogP contribution in [0.1, 0.15) is 19.8 Å². The second-order valence-corrected chi connectivity index (χ2v) is 2.58. The summed E-state index contributed by atoms with van der Waals surface area (Å²) in [6.07, 6.45) is 2.18. The summed E-state index contributed by atoms with van der Waals surface area (Å²) < 4.78 is 0. The van der Waals surface area contributed by atoms with Crippen LogP contribution in [-0.4, -0.2) is 5.88 Å². The van der Waals surface area contributed by atoms with Gasteiger partial charge in [-0.25, -0.2) is 0 Å². The zero-order chi connectivity index (χ0) is 6.41. The Labute approximate surface area is 64.0 Å². The fourth-order valence-electron chi connectivity index (χ4n) is 0.400. The molecule has 2 heteroatoms. The highest BCUT2D eigenvalue weighted by molar-refractivity contribution is 9.11. The van der Waals surface area contributed by atoms with E-state index >= 15 is 0 Å². The van der Waals surface area contributed by atoms with Gasteiger partial charge in [0.2, 0.25) is 0 Å². The predicted octanol–water partition coefficient (Wildman–Crippen LogP) is 3.30. The largest absolute Gasteiger partial charge is 0.127 e. The molecule has 0 aliphatic rings. The van der Waals surface area contributed by atoms with E-state index in [9.17, 15) is 0 Å². The molecule has 0 aliphatic carbocycles. The van der Waals surface area contributed by atoms with Crippen LogP contribution in [0.25, 0.3) is 0 Å². The zero-order valence-electron chi connectivity index (χ0n) is 4.95. The number of alkyl halides is 1. The van der Waals surface area contributed by atoms with Crippen LogP contribution in [0.2, 0.25) is 0 Å². The van der Waals surface area contributed by atoms with Gasteiger partial charge in [-0.2, -0.15) is 0 Å². The summed E-state index contributed by atoms with van der Waals surface area (Å²) in [5.41, 5.74) is 1.35. The van der Waals surface area contributed by atoms with E-state index in [1.165, 1.54) is 5.57 Å². The zero-order valence-corrected chi connectivity index (χ0v) is 7.30. The standard InChI is InChI=1S/C6H10BrCl/c1-6(5-7)3-2-4-8/h5H,2-4H2,1H3. The average Bonchev–Trinajstić information content (AvgIpc) is 1.83. The third-order valence-corrected chi connectivity index (χ3v) is 1.94. The Morgan fingerprint density at radius 3 is 2.75 bits per heavy atom. The van der Waals surface area contributed by atoms with Crippen LogP contribution in [0.5, 0.6) is 0 Å². The number of hydrogen-bond donors (Lipinski definition) is 0. The van der Waals surface area contributed by atoms with E-state index in [0.29, 0.717) is 0 Å². The van der Waals surface area contributed by atoms with Gasteiger partial charge in [0.15, 0.2) is 0 Å². The highest BCUT2D eigenvalue weighted by atomic mass is 79.9. The average molecular weight is 198 g/mol. The molecule has 0 fully saturated rings. The van der Waals surface area contributed by atoms with Gasteiger partial charge in [0.25, 0.3) is 0 Å². The lowest BCUT2D eigenvalue weighted by Gasteiger charge is -1.92. The fourth-order valence-corrected chi connectivity index (χ4v) is 0.763. The SMILES string of the molecule is CC(=CBr)CCCCl. The summed E-state index contributed by atoms with van der Waals surface area (Å²) >= 11 is 8.70. The number of rotatable bonds is 3. The van der Waals surface area contributed by atoms with Crippen molar-refractivity contribution in [3.8, 4) is 0 Å². The Morgan fingerprint density at radius 1 is 1.75 bits per heavy atom. The summed E-state index contributed by atoms with van der Waals surface area (Å²) in [5, 5.41) is 0. The van der Waals surface area contributed by atoms with Crippen LogP contribution < -0.4 is 0 Å². The van der Waals surface area contributed by atoms with Crippen molar-refractivity contribution < 1.29 is 0 Å². The van der Waals surface area contributed by atoms with Gasteiger partial charge >= 0.3 is 0 Å². The molecule has 0 spiro atoms. The molecule has 48 valence electrons. The number of hydrogen-bond acceptors (Lipinski definition) is 0. The first-order valence-corrected chi connectivity index (χ1v) is 4.08. The smallest absolute Gasteiger partial charge is 0.0226 e. The molecule has 0 unspecified atom stereocenters. The second-order valence-electron chi connectivity index (χ2n) is 1.75. The summed E-state index contributed by atoms with van der Waals surface area (Å²) in [5.74, 6) is 0.762. The van der Waals surface area contributed by atoms with E-state index in [4.69, 9.17) is 11.6 Å². The first kappa shape index (κ1) is 8.51. The van der Waals surface area contributed by atoms with Crippen LogP contribution >= 0.6 is 27.5 Å². The predicted molar refractivity (Wildman–Crippen MR) is 42.6 cm³/mol. The van der Waals surface area contributed by atoms with E-state index in [1.807, 2.05) is 4.99 Å². The van der Waals surface area contributed by atoms with Crippen LogP contribution in [0.3, 0.4) is 0 Å². The van der Waals surface area contributed by atoms with E-state index < -0.39 is 0 Å². The van der Waals surface area contributed by atoms with Gasteiger partial charge in [0.05, 0.1) is 0 Å². The quantitative estimate of drug-likeness (QED) is 0.609. The van der Waals surface area contributed by atoms with Gasteiger partial charge in [-0.15, -0.1) is 11.6 Å². The van der Waals surface area contributed by atoms with Crippen LogP contribution in [0.15, 0.2) is 10.6 Å². The van der Waals surface area contributed by atoms with Gasteiger partial charge in [0, 0.05) is 5.88 Å². The molecule has 0 nitrogen and oxygen atoms in total. The molecule has 0 aromatic carbocycles. The van der Waals surface area contributed by atoms with Gasteiger partial charge in [-0.1, -0.05) is 21.5 Å². The summed E-state index contributed by atoms with van der Waals surface area (Å²) in [6.45, 7) is 2.08. The van der Waals surface area contributed by atoms with Crippen LogP contribution in [0, 0.1) is 0 Å². The third kappa shape index (κ3) is 4.66. The van der Waals surface area contributed by atoms with Crippen molar-refractivity contribution in [2.75, 3.05) is 5.88 Å². The topological polar surface area (TPSA) is 0 Å². The molecule has 0 aromatic rings. The molecular weight excluding hydrogens is 187 g/mol. The van der Waals surface area contributed by atoms with E-state index in [1.54, 1.807) is 0 Å². The first-order valence-electron chi connectivity index (χ1n) is 2.63. The molecule has 0 aromatic heterocycles. The molecule has 0 bridgehead atoms. The van der Waals surface area contributed by atoms with E-state index in [-0.39, 0.29) is 0 Å². The highest BCUT2D eigenvalue weighted by Crippen LogP contribution is 2.06. The van der Waals surface area contributed by atoms with Crippen molar-refractivity contribution in [1.82, 2.24) is 0 Å². The molecule has 0 saturated carbocycles. The minimum Gasteiger partial charge on any atom is -0.127 e. The molecule has 8 heavy (non-hydrogen) atoms. The molecular formula is C6H10BrCl. The van der Waals surface area contributed by atoms with Crippen molar-refractivity contribution in [2.45, 2.75) is 19.8 Å². The van der Waals surface area contributed by atoms with Gasteiger partial charge < -0.3 is 0 Å². The lowest BCUT2D eigenvalue weighted by atomic mass is 10.2. The van der Waals surface area contributed by atoms with E-state index in [2.05, 4.69) is 22.9 Å². The van der Waals surface area contributed by atoms with Gasteiger partial charge in [0.1, 0.15) is 0 Å². The molecule has 0 saturated heterocycles. The molecule has 0 rings (SSSR count). The van der Waals surface area contributed by atoms with Crippen LogP contribution in [0.4, 0.5) is 0 Å².